The zero-order chi connectivity index (χ0) is 17.8. The molecule has 0 aromatic heterocycles. The molecule has 0 fully saturated rings. The standard InChI is InChI=1S/C19H13NO5/c1-12(22)24-17-8-7-13(9-15(17)11-21)10-16-19(23)25-18(20-16)14-5-3-2-4-6-14/h2-11H,1H3. The van der Waals surface area contributed by atoms with Crippen molar-refractivity contribution in [3.63, 3.8) is 0 Å². The van der Waals surface area contributed by atoms with Crippen molar-refractivity contribution in [3.8, 4) is 5.75 Å². The summed E-state index contributed by atoms with van der Waals surface area (Å²) < 4.78 is 10.1. The average Bonchev–Trinajstić information content (AvgIpc) is 2.97. The number of ether oxygens (including phenoxy) is 2. The molecule has 0 spiro atoms. The second-order valence-corrected chi connectivity index (χ2v) is 5.21. The van der Waals surface area contributed by atoms with Crippen LogP contribution in [0.3, 0.4) is 0 Å². The van der Waals surface area contributed by atoms with Crippen LogP contribution in [0.1, 0.15) is 28.4 Å². The molecule has 1 heterocycles. The van der Waals surface area contributed by atoms with Gasteiger partial charge in [0.2, 0.25) is 5.90 Å². The molecule has 1 aliphatic heterocycles. The average molecular weight is 335 g/mol. The number of aldehydes is 1. The molecule has 0 amide bonds. The van der Waals surface area contributed by atoms with E-state index in [1.54, 1.807) is 18.2 Å². The lowest BCUT2D eigenvalue weighted by Gasteiger charge is -2.05. The number of esters is 2. The molecule has 0 atom stereocenters. The molecule has 0 bridgehead atoms. The quantitative estimate of drug-likeness (QED) is 0.371. The number of hydrogen-bond donors (Lipinski definition) is 0. The van der Waals surface area contributed by atoms with Crippen LogP contribution >= 0.6 is 0 Å². The molecule has 2 aromatic rings. The Morgan fingerprint density at radius 3 is 2.60 bits per heavy atom. The minimum Gasteiger partial charge on any atom is -0.426 e. The van der Waals surface area contributed by atoms with E-state index in [-0.39, 0.29) is 22.9 Å². The molecule has 0 unspecified atom stereocenters. The third-order valence-corrected chi connectivity index (χ3v) is 3.36. The normalized spacial score (nSPS) is 14.8. The van der Waals surface area contributed by atoms with Crippen molar-refractivity contribution in [3.05, 3.63) is 70.9 Å². The van der Waals surface area contributed by atoms with Crippen LogP contribution < -0.4 is 4.74 Å². The number of carbonyl (C=O) groups excluding carboxylic acids is 3. The lowest BCUT2D eigenvalue weighted by atomic mass is 10.1. The van der Waals surface area contributed by atoms with Gasteiger partial charge in [-0.3, -0.25) is 9.59 Å². The van der Waals surface area contributed by atoms with Crippen LogP contribution in [0.2, 0.25) is 0 Å². The molecule has 124 valence electrons. The van der Waals surface area contributed by atoms with Gasteiger partial charge in [-0.15, -0.1) is 0 Å². The molecule has 6 heteroatoms. The number of aliphatic imine (C=N–C) groups is 1. The highest BCUT2D eigenvalue weighted by atomic mass is 16.6. The number of hydrogen-bond acceptors (Lipinski definition) is 6. The van der Waals surface area contributed by atoms with Crippen molar-refractivity contribution in [2.45, 2.75) is 6.92 Å². The molecular formula is C19H13NO5. The Morgan fingerprint density at radius 1 is 1.16 bits per heavy atom. The summed E-state index contributed by atoms with van der Waals surface area (Å²) in [7, 11) is 0. The summed E-state index contributed by atoms with van der Waals surface area (Å²) in [5.74, 6) is -0.711. The first-order valence-corrected chi connectivity index (χ1v) is 7.42. The third kappa shape index (κ3) is 3.69. The van der Waals surface area contributed by atoms with Crippen LogP contribution in [0, 0.1) is 0 Å². The fraction of sp³-hybridized carbons (Fsp3) is 0.0526. The van der Waals surface area contributed by atoms with E-state index in [1.165, 1.54) is 25.1 Å². The predicted molar refractivity (Wildman–Crippen MR) is 90.2 cm³/mol. The van der Waals surface area contributed by atoms with E-state index in [0.29, 0.717) is 17.4 Å². The van der Waals surface area contributed by atoms with Crippen LogP contribution in [-0.4, -0.2) is 24.1 Å². The van der Waals surface area contributed by atoms with E-state index in [0.717, 1.165) is 0 Å². The molecule has 0 aliphatic carbocycles. The van der Waals surface area contributed by atoms with Crippen LogP contribution in [-0.2, 0) is 14.3 Å². The van der Waals surface area contributed by atoms with Crippen molar-refractivity contribution in [2.75, 3.05) is 0 Å². The van der Waals surface area contributed by atoms with E-state index >= 15 is 0 Å². The number of rotatable bonds is 4. The Labute approximate surface area is 143 Å². The number of cyclic esters (lactones) is 1. The minimum absolute atomic E-state index is 0.121. The lowest BCUT2D eigenvalue weighted by molar-refractivity contribution is -0.132. The molecule has 0 radical (unpaired) electrons. The van der Waals surface area contributed by atoms with Crippen molar-refractivity contribution in [2.24, 2.45) is 4.99 Å². The van der Waals surface area contributed by atoms with Crippen LogP contribution in [0.5, 0.6) is 5.75 Å². The van der Waals surface area contributed by atoms with Gasteiger partial charge in [-0.1, -0.05) is 24.3 Å². The fourth-order valence-electron chi connectivity index (χ4n) is 2.27. The summed E-state index contributed by atoms with van der Waals surface area (Å²) in [6.07, 6.45) is 2.08. The molecule has 6 nitrogen and oxygen atoms in total. The Morgan fingerprint density at radius 2 is 1.92 bits per heavy atom. The van der Waals surface area contributed by atoms with Gasteiger partial charge < -0.3 is 9.47 Å². The number of nitrogens with zero attached hydrogens (tertiary/aromatic N) is 1. The van der Waals surface area contributed by atoms with Gasteiger partial charge in [0.15, 0.2) is 12.0 Å². The summed E-state index contributed by atoms with van der Waals surface area (Å²) in [5.41, 5.74) is 1.57. The first-order chi connectivity index (χ1) is 12.1. The van der Waals surface area contributed by atoms with Crippen LogP contribution in [0.4, 0.5) is 0 Å². The van der Waals surface area contributed by atoms with Crippen molar-refractivity contribution >= 4 is 30.2 Å². The molecule has 0 saturated heterocycles. The smallest absolute Gasteiger partial charge is 0.363 e. The summed E-state index contributed by atoms with van der Waals surface area (Å²) >= 11 is 0. The monoisotopic (exact) mass is 335 g/mol. The largest absolute Gasteiger partial charge is 0.426 e. The number of benzene rings is 2. The van der Waals surface area contributed by atoms with E-state index in [1.807, 2.05) is 18.2 Å². The highest BCUT2D eigenvalue weighted by Gasteiger charge is 2.24. The molecular weight excluding hydrogens is 322 g/mol. The predicted octanol–water partition coefficient (Wildman–Crippen LogP) is 2.77. The maximum atomic E-state index is 12.0. The SMILES string of the molecule is CC(=O)Oc1ccc(C=C2N=C(c3ccccc3)OC2=O)cc1C=O. The molecule has 3 rings (SSSR count). The van der Waals surface area contributed by atoms with Gasteiger partial charge in [-0.2, -0.15) is 0 Å². The second kappa shape index (κ2) is 6.92. The van der Waals surface area contributed by atoms with Gasteiger partial charge in [-0.05, 0) is 35.9 Å². The zero-order valence-electron chi connectivity index (χ0n) is 13.3. The first kappa shape index (κ1) is 16.3. The maximum Gasteiger partial charge on any atom is 0.363 e. The lowest BCUT2D eigenvalue weighted by Crippen LogP contribution is -2.05. The van der Waals surface area contributed by atoms with Gasteiger partial charge in [-0.25, -0.2) is 9.79 Å². The van der Waals surface area contributed by atoms with Crippen molar-refractivity contribution in [1.29, 1.82) is 0 Å². The molecule has 1 aliphatic rings. The second-order valence-electron chi connectivity index (χ2n) is 5.21. The molecule has 0 saturated carbocycles. The maximum absolute atomic E-state index is 12.0. The van der Waals surface area contributed by atoms with E-state index < -0.39 is 11.9 Å². The summed E-state index contributed by atoms with van der Waals surface area (Å²) in [5, 5.41) is 0. The topological polar surface area (TPSA) is 82.0 Å². The van der Waals surface area contributed by atoms with E-state index in [4.69, 9.17) is 9.47 Å². The zero-order valence-corrected chi connectivity index (χ0v) is 13.3. The summed E-state index contributed by atoms with van der Waals surface area (Å²) in [4.78, 5) is 38.4. The van der Waals surface area contributed by atoms with E-state index in [2.05, 4.69) is 4.99 Å². The summed E-state index contributed by atoms with van der Waals surface area (Å²) in [6, 6.07) is 13.7. The highest BCUT2D eigenvalue weighted by Crippen LogP contribution is 2.23. The fourth-order valence-corrected chi connectivity index (χ4v) is 2.27. The van der Waals surface area contributed by atoms with Gasteiger partial charge in [0.1, 0.15) is 5.75 Å². The first-order valence-electron chi connectivity index (χ1n) is 7.42. The Kier molecular flexibility index (Phi) is 4.52. The molecule has 2 aromatic carbocycles. The van der Waals surface area contributed by atoms with Gasteiger partial charge in [0.05, 0.1) is 5.56 Å². The van der Waals surface area contributed by atoms with Crippen molar-refractivity contribution < 1.29 is 23.9 Å². The summed E-state index contributed by atoms with van der Waals surface area (Å²) in [6.45, 7) is 1.25. The number of carbonyl (C=O) groups is 3. The highest BCUT2D eigenvalue weighted by molar-refractivity contribution is 6.12. The Hall–Kier alpha value is -3.54. The molecule has 0 N–H and O–H groups in total. The minimum atomic E-state index is -0.574. The van der Waals surface area contributed by atoms with Gasteiger partial charge in [0.25, 0.3) is 0 Å². The third-order valence-electron chi connectivity index (χ3n) is 3.36. The van der Waals surface area contributed by atoms with Gasteiger partial charge in [0, 0.05) is 12.5 Å². The Balaban J connectivity index is 1.92. The van der Waals surface area contributed by atoms with E-state index in [9.17, 15) is 14.4 Å². The Bertz CT molecular complexity index is 913. The molecule has 25 heavy (non-hydrogen) atoms. The van der Waals surface area contributed by atoms with Gasteiger partial charge >= 0.3 is 11.9 Å². The van der Waals surface area contributed by atoms with Crippen LogP contribution in [0.15, 0.2) is 59.2 Å². The van der Waals surface area contributed by atoms with Crippen molar-refractivity contribution in [1.82, 2.24) is 0 Å². The van der Waals surface area contributed by atoms with Crippen LogP contribution in [0.25, 0.3) is 6.08 Å².